The molecule has 0 bridgehead atoms. The summed E-state index contributed by atoms with van der Waals surface area (Å²) in [6.07, 6.45) is 0. The van der Waals surface area contributed by atoms with Gasteiger partial charge in [0.15, 0.2) is 0 Å². The predicted octanol–water partition coefficient (Wildman–Crippen LogP) is 9.90. The summed E-state index contributed by atoms with van der Waals surface area (Å²) in [4.78, 5) is 2.68. The van der Waals surface area contributed by atoms with E-state index in [9.17, 15) is 0 Å². The minimum Gasteiger partial charge on any atom is -0.308 e. The van der Waals surface area contributed by atoms with Crippen molar-refractivity contribution < 1.29 is 0 Å². The fourth-order valence-corrected chi connectivity index (χ4v) is 7.10. The van der Waals surface area contributed by atoms with Crippen LogP contribution in [0.15, 0.2) is 127 Å². The average Bonchev–Trinajstić information content (AvgIpc) is 3.61. The molecule has 0 atom stereocenters. The van der Waals surface area contributed by atoms with Crippen LogP contribution in [0.5, 0.6) is 0 Å². The van der Waals surface area contributed by atoms with Gasteiger partial charge < -0.3 is 4.40 Å². The molecule has 1 nitrogen and oxygen atoms in total. The third kappa shape index (κ3) is 2.71. The number of thiophene rings is 1. The van der Waals surface area contributed by atoms with E-state index in [2.05, 4.69) is 132 Å². The summed E-state index contributed by atoms with van der Waals surface area (Å²) in [7, 11) is 0. The molecule has 0 radical (unpaired) electrons. The van der Waals surface area contributed by atoms with Gasteiger partial charge in [-0.1, -0.05) is 115 Å². The standard InChI is InChI=1S/C34H21NS/c1-4-12-22(13-5-1)25-20-28-26-18-10-11-19-27(26)32-31-30(29(21-25)35(28)32)33(23-14-6-2-7-15-23)36-34(31)24-16-8-3-9-17-24/h1-21H. The Labute approximate surface area is 212 Å². The molecule has 0 aliphatic carbocycles. The second-order valence-electron chi connectivity index (χ2n) is 9.35. The number of aromatic nitrogens is 1. The lowest BCUT2D eigenvalue weighted by Gasteiger charge is -2.06. The van der Waals surface area contributed by atoms with E-state index in [4.69, 9.17) is 0 Å². The van der Waals surface area contributed by atoms with Crippen molar-refractivity contribution in [2.75, 3.05) is 0 Å². The Morgan fingerprint density at radius 2 is 0.917 bits per heavy atom. The van der Waals surface area contributed by atoms with Gasteiger partial charge in [-0.3, -0.25) is 0 Å². The van der Waals surface area contributed by atoms with Gasteiger partial charge in [0.05, 0.1) is 16.6 Å². The van der Waals surface area contributed by atoms with Crippen molar-refractivity contribution in [1.29, 1.82) is 0 Å². The van der Waals surface area contributed by atoms with Crippen molar-refractivity contribution in [3.63, 3.8) is 0 Å². The van der Waals surface area contributed by atoms with Crippen LogP contribution < -0.4 is 0 Å². The molecule has 0 unspecified atom stereocenters. The lowest BCUT2D eigenvalue weighted by atomic mass is 10.0. The summed E-state index contributed by atoms with van der Waals surface area (Å²) in [6.45, 7) is 0. The zero-order chi connectivity index (χ0) is 23.6. The highest BCUT2D eigenvalue weighted by Crippen LogP contribution is 2.52. The first-order valence-corrected chi connectivity index (χ1v) is 13.1. The molecular formula is C34H21NS. The van der Waals surface area contributed by atoms with E-state index >= 15 is 0 Å². The van der Waals surface area contributed by atoms with Gasteiger partial charge in [-0.2, -0.15) is 0 Å². The van der Waals surface area contributed by atoms with Gasteiger partial charge >= 0.3 is 0 Å². The van der Waals surface area contributed by atoms with E-state index in [0.29, 0.717) is 0 Å². The number of fused-ring (bicyclic) bond motifs is 6. The first-order chi connectivity index (χ1) is 17.9. The van der Waals surface area contributed by atoms with Crippen molar-refractivity contribution >= 4 is 49.4 Å². The number of nitrogens with zero attached hydrogens (tertiary/aromatic N) is 1. The predicted molar refractivity (Wildman–Crippen MR) is 155 cm³/mol. The normalized spacial score (nSPS) is 11.9. The van der Waals surface area contributed by atoms with E-state index in [1.54, 1.807) is 0 Å². The lowest BCUT2D eigenvalue weighted by Crippen LogP contribution is -1.86. The van der Waals surface area contributed by atoms with Gasteiger partial charge in [0.1, 0.15) is 0 Å². The zero-order valence-electron chi connectivity index (χ0n) is 19.5. The highest BCUT2D eigenvalue weighted by atomic mass is 32.1. The van der Waals surface area contributed by atoms with Crippen LogP contribution in [0.2, 0.25) is 0 Å². The first-order valence-electron chi connectivity index (χ1n) is 12.3. The lowest BCUT2D eigenvalue weighted by molar-refractivity contribution is 1.36. The smallest absolute Gasteiger partial charge is 0.0635 e. The first kappa shape index (κ1) is 19.9. The fourth-order valence-electron chi connectivity index (χ4n) is 5.78. The van der Waals surface area contributed by atoms with Crippen molar-refractivity contribution in [2.45, 2.75) is 0 Å². The van der Waals surface area contributed by atoms with Gasteiger partial charge in [-0.15, -0.1) is 11.3 Å². The fraction of sp³-hybridized carbons (Fsp3) is 0. The SMILES string of the molecule is c1ccc(-c2cc3c4ccccc4c4c5c(-c6ccccc6)sc(-c6ccccc6)c5c(c2)n34)cc1. The molecule has 0 fully saturated rings. The van der Waals surface area contributed by atoms with E-state index in [1.165, 1.54) is 70.1 Å². The number of benzene rings is 4. The summed E-state index contributed by atoms with van der Waals surface area (Å²) in [5.74, 6) is 0. The van der Waals surface area contributed by atoms with E-state index in [0.717, 1.165) is 0 Å². The molecule has 0 aliphatic heterocycles. The average molecular weight is 476 g/mol. The van der Waals surface area contributed by atoms with E-state index < -0.39 is 0 Å². The molecule has 4 heterocycles. The summed E-state index contributed by atoms with van der Waals surface area (Å²) in [5.41, 5.74) is 8.93. The second kappa shape index (κ2) is 7.55. The van der Waals surface area contributed by atoms with Crippen LogP contribution in [0.1, 0.15) is 0 Å². The highest BCUT2D eigenvalue weighted by Gasteiger charge is 2.25. The number of hydrogen-bond acceptors (Lipinski definition) is 1. The van der Waals surface area contributed by atoms with Crippen LogP contribution in [0.25, 0.3) is 70.1 Å². The third-order valence-corrected chi connectivity index (χ3v) is 8.62. The summed E-state index contributed by atoms with van der Waals surface area (Å²) < 4.78 is 2.51. The Morgan fingerprint density at radius 3 is 1.56 bits per heavy atom. The monoisotopic (exact) mass is 475 g/mol. The van der Waals surface area contributed by atoms with Crippen LogP contribution in [0.3, 0.4) is 0 Å². The molecule has 0 aliphatic rings. The maximum absolute atomic E-state index is 2.51. The molecule has 0 saturated carbocycles. The molecule has 4 aromatic carbocycles. The molecule has 4 aromatic heterocycles. The summed E-state index contributed by atoms with van der Waals surface area (Å²) >= 11 is 1.92. The van der Waals surface area contributed by atoms with Gasteiger partial charge in [-0.25, -0.2) is 0 Å². The van der Waals surface area contributed by atoms with Gasteiger partial charge in [0, 0.05) is 31.3 Å². The molecule has 2 heteroatoms. The second-order valence-corrected chi connectivity index (χ2v) is 10.4. The molecule has 0 N–H and O–H groups in total. The summed E-state index contributed by atoms with van der Waals surface area (Å²) in [5, 5.41) is 5.34. The molecular weight excluding hydrogens is 454 g/mol. The Hall–Kier alpha value is -4.40. The van der Waals surface area contributed by atoms with Crippen molar-refractivity contribution in [3.05, 3.63) is 127 Å². The molecule has 36 heavy (non-hydrogen) atoms. The van der Waals surface area contributed by atoms with Crippen LogP contribution in [-0.2, 0) is 0 Å². The maximum Gasteiger partial charge on any atom is 0.0635 e. The van der Waals surface area contributed by atoms with Gasteiger partial charge in [-0.05, 0) is 34.4 Å². The third-order valence-electron chi connectivity index (χ3n) is 7.33. The van der Waals surface area contributed by atoms with Crippen molar-refractivity contribution in [3.8, 4) is 32.0 Å². The van der Waals surface area contributed by atoms with Crippen LogP contribution in [-0.4, -0.2) is 4.40 Å². The van der Waals surface area contributed by atoms with Crippen LogP contribution in [0, 0.1) is 0 Å². The highest BCUT2D eigenvalue weighted by molar-refractivity contribution is 7.21. The maximum atomic E-state index is 2.51. The molecule has 0 saturated heterocycles. The van der Waals surface area contributed by atoms with Gasteiger partial charge in [0.25, 0.3) is 0 Å². The summed E-state index contributed by atoms with van der Waals surface area (Å²) in [6, 6.07) is 46.1. The molecule has 8 aromatic rings. The quantitative estimate of drug-likeness (QED) is 0.239. The number of rotatable bonds is 3. The molecule has 0 spiro atoms. The van der Waals surface area contributed by atoms with Crippen LogP contribution in [0.4, 0.5) is 0 Å². The number of hydrogen-bond donors (Lipinski definition) is 0. The number of pyridine rings is 1. The zero-order valence-corrected chi connectivity index (χ0v) is 20.3. The van der Waals surface area contributed by atoms with E-state index in [-0.39, 0.29) is 0 Å². The Bertz CT molecular complexity index is 2010. The molecule has 168 valence electrons. The minimum absolute atomic E-state index is 1.25. The van der Waals surface area contributed by atoms with E-state index in [1.807, 2.05) is 11.3 Å². The molecule has 8 rings (SSSR count). The largest absolute Gasteiger partial charge is 0.308 e. The topological polar surface area (TPSA) is 4.41 Å². The Kier molecular flexibility index (Phi) is 4.16. The van der Waals surface area contributed by atoms with Crippen molar-refractivity contribution in [1.82, 2.24) is 4.40 Å². The van der Waals surface area contributed by atoms with Crippen LogP contribution >= 0.6 is 11.3 Å². The Morgan fingerprint density at radius 1 is 0.417 bits per heavy atom. The Balaban J connectivity index is 1.63. The van der Waals surface area contributed by atoms with Gasteiger partial charge in [0.2, 0.25) is 0 Å². The molecule has 0 amide bonds. The van der Waals surface area contributed by atoms with Crippen molar-refractivity contribution in [2.24, 2.45) is 0 Å². The minimum atomic E-state index is 1.25.